The number of rotatable bonds is 4. The Bertz CT molecular complexity index is 502. The molecule has 4 aliphatic heterocycles. The molecule has 34 heavy (non-hydrogen) atoms. The van der Waals surface area contributed by atoms with Gasteiger partial charge in [-0.15, -0.1) is 0 Å². The van der Waals surface area contributed by atoms with Crippen molar-refractivity contribution >= 4 is 0 Å². The summed E-state index contributed by atoms with van der Waals surface area (Å²) in [5, 5.41) is 0. The maximum atomic E-state index is 5.25. The Morgan fingerprint density at radius 3 is 1.15 bits per heavy atom. The van der Waals surface area contributed by atoms with Crippen LogP contribution in [0.3, 0.4) is 0 Å². The van der Waals surface area contributed by atoms with E-state index >= 15 is 0 Å². The standard InChI is InChI=1S/C9H16O.C8H16O.C7H14O.C6H12O/c1-7(2)8-3-9(4-8)5-10-6-9;1-7(2)8-3-5-9-6-4-8;1-6(2)7-3-4-8-5-7;1-5(2)6-3-7-4-6/h7-8H,3-6H2,1-2H3;7-8H,3-6H2,1-2H3;6-7H,3-5H2,1-2H3;5-6H,3-4H2,1-2H3. The fourth-order valence-corrected chi connectivity index (χ4v) is 5.25. The maximum absolute atomic E-state index is 5.25. The molecule has 1 atom stereocenters. The van der Waals surface area contributed by atoms with E-state index in [1.807, 2.05) is 0 Å². The van der Waals surface area contributed by atoms with Gasteiger partial charge in [-0.3, -0.25) is 0 Å². The lowest BCUT2D eigenvalue weighted by atomic mass is 9.58. The minimum atomic E-state index is 0.676. The average molecular weight is 483 g/mol. The second kappa shape index (κ2) is 15.2. The SMILES string of the molecule is CC(C)C1CC2(COC2)C1.CC(C)C1CCOC1.CC(C)C1CCOCC1.CC(C)C1COC1. The molecule has 1 spiro atoms. The maximum Gasteiger partial charge on any atom is 0.0545 e. The first kappa shape index (κ1) is 30.1. The Hall–Kier alpha value is -0.160. The molecule has 0 aromatic heterocycles. The van der Waals surface area contributed by atoms with E-state index in [2.05, 4.69) is 55.4 Å². The molecule has 4 nitrogen and oxygen atoms in total. The third-order valence-corrected chi connectivity index (χ3v) is 8.87. The quantitative estimate of drug-likeness (QED) is 0.428. The van der Waals surface area contributed by atoms with Gasteiger partial charge in [0, 0.05) is 37.8 Å². The van der Waals surface area contributed by atoms with Crippen LogP contribution < -0.4 is 0 Å². The molecule has 0 bridgehead atoms. The number of hydrogen-bond acceptors (Lipinski definition) is 4. The first-order chi connectivity index (χ1) is 16.1. The van der Waals surface area contributed by atoms with Crippen LogP contribution in [0.15, 0.2) is 0 Å². The summed E-state index contributed by atoms with van der Waals surface area (Å²) in [7, 11) is 0. The van der Waals surface area contributed by atoms with Crippen LogP contribution in [0.2, 0.25) is 0 Å². The predicted molar refractivity (Wildman–Crippen MR) is 142 cm³/mol. The minimum absolute atomic E-state index is 0.676. The van der Waals surface area contributed by atoms with E-state index in [0.29, 0.717) is 5.41 Å². The van der Waals surface area contributed by atoms with Crippen LogP contribution >= 0.6 is 0 Å². The van der Waals surface area contributed by atoms with Gasteiger partial charge in [-0.1, -0.05) is 55.4 Å². The Balaban J connectivity index is 0.000000162. The van der Waals surface area contributed by atoms with Gasteiger partial charge < -0.3 is 18.9 Å². The molecule has 0 amide bonds. The second-order valence-corrected chi connectivity index (χ2v) is 13.0. The van der Waals surface area contributed by atoms with Crippen LogP contribution in [0.4, 0.5) is 0 Å². The van der Waals surface area contributed by atoms with Crippen molar-refractivity contribution in [2.24, 2.45) is 52.8 Å². The van der Waals surface area contributed by atoms with Gasteiger partial charge in [-0.25, -0.2) is 0 Å². The lowest BCUT2D eigenvalue weighted by Gasteiger charge is -2.54. The Morgan fingerprint density at radius 2 is 0.912 bits per heavy atom. The highest BCUT2D eigenvalue weighted by Gasteiger charge is 2.50. The second-order valence-electron chi connectivity index (χ2n) is 13.0. The highest BCUT2D eigenvalue weighted by molar-refractivity contribution is 4.98. The first-order valence-corrected chi connectivity index (χ1v) is 14.4. The van der Waals surface area contributed by atoms with E-state index in [1.165, 1.54) is 32.1 Å². The van der Waals surface area contributed by atoms with Gasteiger partial charge in [0.05, 0.1) is 26.4 Å². The van der Waals surface area contributed by atoms with Gasteiger partial charge >= 0.3 is 0 Å². The largest absolute Gasteiger partial charge is 0.381 e. The fraction of sp³-hybridized carbons (Fsp3) is 1.00. The molecule has 1 aliphatic carbocycles. The lowest BCUT2D eigenvalue weighted by Crippen LogP contribution is -2.53. The summed E-state index contributed by atoms with van der Waals surface area (Å²) in [6.45, 7) is 26.3. The van der Waals surface area contributed by atoms with Crippen molar-refractivity contribution < 1.29 is 18.9 Å². The van der Waals surface area contributed by atoms with Crippen LogP contribution in [0.25, 0.3) is 0 Å². The fourth-order valence-electron chi connectivity index (χ4n) is 5.25. The molecule has 0 N–H and O–H groups in total. The normalized spacial score (nSPS) is 26.6. The van der Waals surface area contributed by atoms with E-state index in [1.54, 1.807) is 0 Å². The Kier molecular flexibility index (Phi) is 13.4. The summed E-state index contributed by atoms with van der Waals surface area (Å²) in [5.41, 5.74) is 0.676. The van der Waals surface area contributed by atoms with Gasteiger partial charge in [-0.05, 0) is 73.5 Å². The van der Waals surface area contributed by atoms with Crippen molar-refractivity contribution in [3.8, 4) is 0 Å². The van der Waals surface area contributed by atoms with Gasteiger partial charge in [0.15, 0.2) is 0 Å². The summed E-state index contributed by atoms with van der Waals surface area (Å²) in [4.78, 5) is 0. The van der Waals surface area contributed by atoms with E-state index < -0.39 is 0 Å². The molecule has 0 aromatic carbocycles. The zero-order valence-corrected chi connectivity index (χ0v) is 23.9. The van der Waals surface area contributed by atoms with E-state index in [4.69, 9.17) is 18.9 Å². The molecule has 5 aliphatic rings. The van der Waals surface area contributed by atoms with Crippen molar-refractivity contribution in [2.45, 2.75) is 87.5 Å². The molecule has 0 aromatic rings. The van der Waals surface area contributed by atoms with Crippen LogP contribution in [-0.2, 0) is 18.9 Å². The minimum Gasteiger partial charge on any atom is -0.381 e. The van der Waals surface area contributed by atoms with Crippen LogP contribution in [-0.4, -0.2) is 52.9 Å². The van der Waals surface area contributed by atoms with Gasteiger partial charge in [0.25, 0.3) is 0 Å². The number of hydrogen-bond donors (Lipinski definition) is 0. The van der Waals surface area contributed by atoms with Gasteiger partial charge in [0.1, 0.15) is 0 Å². The highest BCUT2D eigenvalue weighted by Crippen LogP contribution is 2.53. The van der Waals surface area contributed by atoms with Crippen molar-refractivity contribution in [2.75, 3.05) is 52.9 Å². The summed E-state index contributed by atoms with van der Waals surface area (Å²) in [6, 6.07) is 0. The van der Waals surface area contributed by atoms with Gasteiger partial charge in [0.2, 0.25) is 0 Å². The molecule has 5 rings (SSSR count). The summed E-state index contributed by atoms with van der Waals surface area (Å²) < 4.78 is 20.7. The first-order valence-electron chi connectivity index (χ1n) is 14.4. The zero-order valence-electron chi connectivity index (χ0n) is 23.9. The Morgan fingerprint density at radius 1 is 0.471 bits per heavy atom. The molecule has 4 heteroatoms. The average Bonchev–Trinajstić information content (AvgIpc) is 3.21. The lowest BCUT2D eigenvalue weighted by molar-refractivity contribution is -0.185. The van der Waals surface area contributed by atoms with Crippen LogP contribution in [0, 0.1) is 52.8 Å². The molecular formula is C30H58O4. The van der Waals surface area contributed by atoms with Crippen molar-refractivity contribution in [3.05, 3.63) is 0 Å². The Labute approximate surface area is 212 Å². The van der Waals surface area contributed by atoms with Crippen LogP contribution in [0.5, 0.6) is 0 Å². The third-order valence-electron chi connectivity index (χ3n) is 8.87. The van der Waals surface area contributed by atoms with Crippen molar-refractivity contribution in [1.29, 1.82) is 0 Å². The van der Waals surface area contributed by atoms with Crippen LogP contribution in [0.1, 0.15) is 87.5 Å². The summed E-state index contributed by atoms with van der Waals surface area (Å²) in [6.07, 6.45) is 6.70. The van der Waals surface area contributed by atoms with Gasteiger partial charge in [-0.2, -0.15) is 0 Å². The van der Waals surface area contributed by atoms with E-state index in [9.17, 15) is 0 Å². The van der Waals surface area contributed by atoms with Crippen molar-refractivity contribution in [3.63, 3.8) is 0 Å². The molecule has 5 fully saturated rings. The molecule has 0 radical (unpaired) electrons. The van der Waals surface area contributed by atoms with E-state index in [-0.39, 0.29) is 0 Å². The van der Waals surface area contributed by atoms with Crippen molar-refractivity contribution in [1.82, 2.24) is 0 Å². The molecule has 4 saturated heterocycles. The monoisotopic (exact) mass is 482 g/mol. The van der Waals surface area contributed by atoms with E-state index in [0.717, 1.165) is 100 Å². The summed E-state index contributed by atoms with van der Waals surface area (Å²) in [5.74, 6) is 7.03. The molecule has 4 heterocycles. The molecule has 202 valence electrons. The third kappa shape index (κ3) is 10.1. The molecule has 1 saturated carbocycles. The smallest absolute Gasteiger partial charge is 0.0545 e. The predicted octanol–water partition coefficient (Wildman–Crippen LogP) is 7.11. The molecular weight excluding hydrogens is 424 g/mol. The molecule has 1 unspecified atom stereocenters. The highest BCUT2D eigenvalue weighted by atomic mass is 16.5. The number of ether oxygens (including phenoxy) is 4. The topological polar surface area (TPSA) is 36.9 Å². The summed E-state index contributed by atoms with van der Waals surface area (Å²) >= 11 is 0. The zero-order chi connectivity index (χ0) is 25.1.